The van der Waals surface area contributed by atoms with Crippen molar-refractivity contribution in [1.82, 2.24) is 9.55 Å². The number of carbonyl (C=O) groups excluding carboxylic acids is 1. The molecule has 0 N–H and O–H groups in total. The Labute approximate surface area is 191 Å². The van der Waals surface area contributed by atoms with Gasteiger partial charge in [0.2, 0.25) is 0 Å². The molecule has 164 valence electrons. The van der Waals surface area contributed by atoms with E-state index in [-0.39, 0.29) is 17.9 Å². The van der Waals surface area contributed by atoms with E-state index in [1.807, 2.05) is 35.7 Å². The fourth-order valence-electron chi connectivity index (χ4n) is 4.01. The zero-order valence-corrected chi connectivity index (χ0v) is 19.4. The first-order valence-electron chi connectivity index (χ1n) is 10.7. The molecule has 0 saturated carbocycles. The van der Waals surface area contributed by atoms with Crippen LogP contribution >= 0.6 is 11.3 Å². The van der Waals surface area contributed by atoms with Crippen LogP contribution in [-0.2, 0) is 22.5 Å². The second kappa shape index (κ2) is 9.49. The van der Waals surface area contributed by atoms with Gasteiger partial charge in [-0.05, 0) is 37.0 Å². The van der Waals surface area contributed by atoms with E-state index in [1.54, 1.807) is 4.57 Å². The number of hydrogen-bond acceptors (Lipinski definition) is 5. The molecule has 0 aliphatic rings. The van der Waals surface area contributed by atoms with Gasteiger partial charge < -0.3 is 4.74 Å². The number of nitrogens with zero attached hydrogens (tertiary/aromatic N) is 2. The van der Waals surface area contributed by atoms with Crippen LogP contribution in [-0.4, -0.2) is 22.6 Å². The third-order valence-electron chi connectivity index (χ3n) is 5.64. The fraction of sp³-hybridized carbons (Fsp3) is 0.269. The summed E-state index contributed by atoms with van der Waals surface area (Å²) in [5.41, 5.74) is 5.34. The van der Waals surface area contributed by atoms with Gasteiger partial charge in [-0.3, -0.25) is 14.2 Å². The number of methoxy groups -OCH3 is 1. The first kappa shape index (κ1) is 22.0. The highest BCUT2D eigenvalue weighted by atomic mass is 32.1. The zero-order valence-electron chi connectivity index (χ0n) is 18.6. The Bertz CT molecular complexity index is 1320. The van der Waals surface area contributed by atoms with Crippen LogP contribution in [0.15, 0.2) is 58.7 Å². The summed E-state index contributed by atoms with van der Waals surface area (Å²) in [4.78, 5) is 31.0. The quantitative estimate of drug-likeness (QED) is 0.362. The number of carbonyl (C=O) groups is 1. The minimum Gasteiger partial charge on any atom is -0.469 e. The highest BCUT2D eigenvalue weighted by Gasteiger charge is 2.18. The normalized spacial score (nSPS) is 11.1. The highest BCUT2D eigenvalue weighted by molar-refractivity contribution is 7.17. The second-order valence-corrected chi connectivity index (χ2v) is 8.83. The van der Waals surface area contributed by atoms with Gasteiger partial charge in [0.1, 0.15) is 10.7 Å². The van der Waals surface area contributed by atoms with Crippen molar-refractivity contribution in [3.63, 3.8) is 0 Å². The number of thiophene rings is 1. The van der Waals surface area contributed by atoms with Crippen LogP contribution in [0.1, 0.15) is 35.4 Å². The molecule has 0 aliphatic heterocycles. The van der Waals surface area contributed by atoms with Gasteiger partial charge in [-0.2, -0.15) is 0 Å². The van der Waals surface area contributed by atoms with Gasteiger partial charge in [-0.15, -0.1) is 11.3 Å². The van der Waals surface area contributed by atoms with E-state index in [9.17, 15) is 9.59 Å². The average Bonchev–Trinajstić information content (AvgIpc) is 3.20. The molecule has 0 amide bonds. The molecule has 0 bridgehead atoms. The molecule has 0 fully saturated rings. The Morgan fingerprint density at radius 2 is 1.88 bits per heavy atom. The Morgan fingerprint density at radius 1 is 1.09 bits per heavy atom. The summed E-state index contributed by atoms with van der Waals surface area (Å²) in [5.74, 6) is 0.441. The number of hydrogen-bond donors (Lipinski definition) is 0. The van der Waals surface area contributed by atoms with Crippen molar-refractivity contribution >= 4 is 27.5 Å². The minimum absolute atomic E-state index is 0.0537. The third kappa shape index (κ3) is 4.50. The molecule has 32 heavy (non-hydrogen) atoms. The summed E-state index contributed by atoms with van der Waals surface area (Å²) in [7, 11) is 1.38. The maximum absolute atomic E-state index is 13.7. The van der Waals surface area contributed by atoms with E-state index in [2.05, 4.69) is 32.0 Å². The van der Waals surface area contributed by atoms with Crippen molar-refractivity contribution in [2.45, 2.75) is 39.7 Å². The molecule has 0 radical (unpaired) electrons. The number of ether oxygens (including phenoxy) is 1. The number of aromatic nitrogens is 2. The third-order valence-corrected chi connectivity index (χ3v) is 6.51. The molecular weight excluding hydrogens is 420 g/mol. The number of aryl methyl sites for hydroxylation is 2. The molecule has 0 saturated heterocycles. The van der Waals surface area contributed by atoms with Gasteiger partial charge in [0.15, 0.2) is 0 Å². The second-order valence-electron chi connectivity index (χ2n) is 7.97. The van der Waals surface area contributed by atoms with Crippen molar-refractivity contribution < 1.29 is 9.53 Å². The zero-order chi connectivity index (χ0) is 22.7. The topological polar surface area (TPSA) is 61.2 Å². The van der Waals surface area contributed by atoms with Crippen LogP contribution in [0.5, 0.6) is 0 Å². The molecule has 4 aromatic rings. The molecule has 4 rings (SSSR count). The molecule has 0 unspecified atom stereocenters. The van der Waals surface area contributed by atoms with Gasteiger partial charge in [-0.1, -0.05) is 54.1 Å². The summed E-state index contributed by atoms with van der Waals surface area (Å²) in [6.07, 6.45) is 1.34. The summed E-state index contributed by atoms with van der Waals surface area (Å²) in [6, 6.07) is 16.3. The van der Waals surface area contributed by atoms with E-state index in [1.165, 1.54) is 24.0 Å². The largest absolute Gasteiger partial charge is 0.469 e. The Balaban J connectivity index is 1.82. The molecule has 0 atom stereocenters. The molecular formula is C26H26N2O3S. The van der Waals surface area contributed by atoms with E-state index in [0.29, 0.717) is 30.6 Å². The fourth-order valence-corrected chi connectivity index (χ4v) is 4.96. The van der Waals surface area contributed by atoms with E-state index in [0.717, 1.165) is 27.1 Å². The minimum atomic E-state index is -0.275. The molecule has 2 heterocycles. The van der Waals surface area contributed by atoms with E-state index < -0.39 is 0 Å². The van der Waals surface area contributed by atoms with Crippen LogP contribution < -0.4 is 5.56 Å². The van der Waals surface area contributed by atoms with Crippen LogP contribution in [0.4, 0.5) is 0 Å². The van der Waals surface area contributed by atoms with Crippen LogP contribution in [0.25, 0.3) is 21.3 Å². The van der Waals surface area contributed by atoms with Crippen LogP contribution in [0.2, 0.25) is 0 Å². The lowest BCUT2D eigenvalue weighted by molar-refractivity contribution is -0.140. The lowest BCUT2D eigenvalue weighted by atomic mass is 9.99. The molecule has 2 aromatic heterocycles. The lowest BCUT2D eigenvalue weighted by Crippen LogP contribution is -2.26. The Kier molecular flexibility index (Phi) is 6.51. The Hall–Kier alpha value is -3.25. The standard InChI is InChI=1S/C26H26N2O3S/c1-17-11-12-20(18(2)14-17)21-16-32-25-24(21)26(30)28(13-7-10-23(29)31-3)22(27-25)15-19-8-5-4-6-9-19/h4-6,8-9,11-12,14,16H,7,10,13,15H2,1-3H3. The molecule has 0 spiro atoms. The first-order chi connectivity index (χ1) is 15.5. The summed E-state index contributed by atoms with van der Waals surface area (Å²) >= 11 is 1.50. The van der Waals surface area contributed by atoms with E-state index in [4.69, 9.17) is 9.72 Å². The maximum atomic E-state index is 13.7. The highest BCUT2D eigenvalue weighted by Crippen LogP contribution is 2.33. The molecule has 0 aliphatic carbocycles. The van der Waals surface area contributed by atoms with Crippen molar-refractivity contribution in [2.24, 2.45) is 0 Å². The first-order valence-corrected chi connectivity index (χ1v) is 11.5. The van der Waals surface area contributed by atoms with Gasteiger partial charge >= 0.3 is 5.97 Å². The smallest absolute Gasteiger partial charge is 0.305 e. The Morgan fingerprint density at radius 3 is 2.59 bits per heavy atom. The lowest BCUT2D eigenvalue weighted by Gasteiger charge is -2.13. The van der Waals surface area contributed by atoms with Crippen LogP contribution in [0, 0.1) is 13.8 Å². The number of rotatable bonds is 7. The SMILES string of the molecule is COC(=O)CCCn1c(Cc2ccccc2)nc2scc(-c3ccc(C)cc3C)c2c1=O. The summed E-state index contributed by atoms with van der Waals surface area (Å²) in [5, 5.41) is 2.68. The van der Waals surface area contributed by atoms with Gasteiger partial charge in [0, 0.05) is 30.3 Å². The molecule has 6 heteroatoms. The molecule has 2 aromatic carbocycles. The van der Waals surface area contributed by atoms with Crippen molar-refractivity contribution in [1.29, 1.82) is 0 Å². The monoisotopic (exact) mass is 446 g/mol. The predicted octanol–water partition coefficient (Wildman–Crippen LogP) is 5.29. The summed E-state index contributed by atoms with van der Waals surface area (Å²) < 4.78 is 6.50. The van der Waals surface area contributed by atoms with Crippen molar-refractivity contribution in [3.05, 3.63) is 86.8 Å². The molecule has 5 nitrogen and oxygen atoms in total. The van der Waals surface area contributed by atoms with Crippen LogP contribution in [0.3, 0.4) is 0 Å². The maximum Gasteiger partial charge on any atom is 0.305 e. The average molecular weight is 447 g/mol. The van der Waals surface area contributed by atoms with Gasteiger partial charge in [0.05, 0.1) is 12.5 Å². The van der Waals surface area contributed by atoms with E-state index >= 15 is 0 Å². The van der Waals surface area contributed by atoms with Crippen molar-refractivity contribution in [2.75, 3.05) is 7.11 Å². The number of esters is 1. The van der Waals surface area contributed by atoms with Crippen molar-refractivity contribution in [3.8, 4) is 11.1 Å². The number of fused-ring (bicyclic) bond motifs is 1. The number of benzene rings is 2. The predicted molar refractivity (Wildman–Crippen MR) is 129 cm³/mol. The van der Waals surface area contributed by atoms with Gasteiger partial charge in [-0.25, -0.2) is 4.98 Å². The van der Waals surface area contributed by atoms with Gasteiger partial charge in [0.25, 0.3) is 5.56 Å². The summed E-state index contributed by atoms with van der Waals surface area (Å²) in [6.45, 7) is 4.55.